The van der Waals surface area contributed by atoms with E-state index < -0.39 is 0 Å². The number of hydrogen-bond donors (Lipinski definition) is 2. The van der Waals surface area contributed by atoms with E-state index in [0.29, 0.717) is 0 Å². The van der Waals surface area contributed by atoms with Crippen molar-refractivity contribution >= 4 is 17.2 Å². The first-order valence-corrected chi connectivity index (χ1v) is 6.51. The van der Waals surface area contributed by atoms with Gasteiger partial charge in [-0.05, 0) is 24.5 Å². The first-order valence-electron chi connectivity index (χ1n) is 6.10. The number of nitrogens with one attached hydrogen (secondary N) is 1. The molecule has 2 rings (SSSR count). The molecule has 0 spiro atoms. The van der Waals surface area contributed by atoms with Crippen LogP contribution in [0.2, 0.25) is 0 Å². The van der Waals surface area contributed by atoms with Crippen molar-refractivity contribution in [3.8, 4) is 0 Å². The zero-order valence-corrected chi connectivity index (χ0v) is 11.0. The molecule has 1 fully saturated rings. The van der Waals surface area contributed by atoms with Gasteiger partial charge in [-0.3, -0.25) is 4.98 Å². The van der Waals surface area contributed by atoms with E-state index in [1.165, 1.54) is 12.8 Å². The van der Waals surface area contributed by atoms with E-state index in [9.17, 15) is 0 Å². The van der Waals surface area contributed by atoms with Gasteiger partial charge in [-0.1, -0.05) is 31.1 Å². The van der Waals surface area contributed by atoms with Gasteiger partial charge in [0.25, 0.3) is 0 Å². The molecular formula is C13H19N3S. The van der Waals surface area contributed by atoms with Crippen LogP contribution in [0.4, 0.5) is 0 Å². The van der Waals surface area contributed by atoms with Gasteiger partial charge in [-0.25, -0.2) is 0 Å². The first kappa shape index (κ1) is 12.5. The Kier molecular flexibility index (Phi) is 3.74. The van der Waals surface area contributed by atoms with Gasteiger partial charge in [0.05, 0.1) is 10.4 Å². The molecule has 92 valence electrons. The van der Waals surface area contributed by atoms with E-state index in [4.69, 9.17) is 18.0 Å². The zero-order valence-electron chi connectivity index (χ0n) is 10.1. The third-order valence-corrected chi connectivity index (χ3v) is 4.35. The molecule has 0 bridgehead atoms. The Bertz CT molecular complexity index is 393. The molecule has 1 aromatic rings. The van der Waals surface area contributed by atoms with Crippen molar-refractivity contribution in [2.45, 2.75) is 37.1 Å². The lowest BCUT2D eigenvalue weighted by Crippen LogP contribution is -2.56. The summed E-state index contributed by atoms with van der Waals surface area (Å²) in [7, 11) is 1.88. The minimum absolute atomic E-state index is 0.0837. The molecule has 0 radical (unpaired) electrons. The highest BCUT2D eigenvalue weighted by Gasteiger charge is 2.43. The van der Waals surface area contributed by atoms with Gasteiger partial charge >= 0.3 is 0 Å². The quantitative estimate of drug-likeness (QED) is 0.784. The van der Waals surface area contributed by atoms with Crippen LogP contribution < -0.4 is 11.1 Å². The SMILES string of the molecule is CNC(=S)C1(c2cccnc2)CCCCC1N. The summed E-state index contributed by atoms with van der Waals surface area (Å²) in [6.07, 6.45) is 8.08. The maximum Gasteiger partial charge on any atom is 0.0874 e. The Labute approximate surface area is 108 Å². The van der Waals surface area contributed by atoms with Gasteiger partial charge in [0, 0.05) is 25.5 Å². The van der Waals surface area contributed by atoms with Gasteiger partial charge in [0.15, 0.2) is 0 Å². The number of likely N-dealkylation sites (N-methyl/N-ethyl adjacent to an activating group) is 1. The topological polar surface area (TPSA) is 50.9 Å². The molecule has 0 saturated heterocycles. The third-order valence-electron chi connectivity index (χ3n) is 3.78. The smallest absolute Gasteiger partial charge is 0.0874 e. The molecular weight excluding hydrogens is 230 g/mol. The highest BCUT2D eigenvalue weighted by atomic mass is 32.1. The van der Waals surface area contributed by atoms with Crippen molar-refractivity contribution in [1.29, 1.82) is 0 Å². The summed E-state index contributed by atoms with van der Waals surface area (Å²) < 4.78 is 0. The molecule has 4 heteroatoms. The minimum atomic E-state index is -0.226. The highest BCUT2D eigenvalue weighted by molar-refractivity contribution is 7.80. The van der Waals surface area contributed by atoms with Crippen LogP contribution in [-0.2, 0) is 5.41 Å². The Balaban J connectivity index is 2.46. The van der Waals surface area contributed by atoms with Crippen LogP contribution in [0.5, 0.6) is 0 Å². The van der Waals surface area contributed by atoms with Crippen LogP contribution in [0.15, 0.2) is 24.5 Å². The minimum Gasteiger partial charge on any atom is -0.382 e. The number of pyridine rings is 1. The van der Waals surface area contributed by atoms with E-state index >= 15 is 0 Å². The molecule has 1 saturated carbocycles. The summed E-state index contributed by atoms with van der Waals surface area (Å²) in [4.78, 5) is 5.06. The van der Waals surface area contributed by atoms with Crippen molar-refractivity contribution < 1.29 is 0 Å². The Morgan fingerprint density at radius 3 is 3.00 bits per heavy atom. The lowest BCUT2D eigenvalue weighted by atomic mass is 9.66. The summed E-state index contributed by atoms with van der Waals surface area (Å²) >= 11 is 5.53. The molecule has 0 aliphatic heterocycles. The van der Waals surface area contributed by atoms with Crippen molar-refractivity contribution in [2.75, 3.05) is 7.05 Å². The second-order valence-corrected chi connectivity index (χ2v) is 5.05. The fourth-order valence-electron chi connectivity index (χ4n) is 2.82. The second kappa shape index (κ2) is 5.10. The van der Waals surface area contributed by atoms with Crippen LogP contribution >= 0.6 is 12.2 Å². The monoisotopic (exact) mass is 249 g/mol. The zero-order chi connectivity index (χ0) is 12.3. The van der Waals surface area contributed by atoms with E-state index in [1.54, 1.807) is 6.20 Å². The average molecular weight is 249 g/mol. The van der Waals surface area contributed by atoms with E-state index in [2.05, 4.69) is 16.4 Å². The number of rotatable bonds is 2. The number of nitrogens with zero attached hydrogens (tertiary/aromatic N) is 1. The van der Waals surface area contributed by atoms with Crippen LogP contribution in [0, 0.1) is 0 Å². The average Bonchev–Trinajstić information content (AvgIpc) is 2.39. The molecule has 0 aromatic carbocycles. The molecule has 1 aromatic heterocycles. The maximum atomic E-state index is 6.37. The molecule has 3 N–H and O–H groups in total. The van der Waals surface area contributed by atoms with Crippen LogP contribution in [0.1, 0.15) is 31.2 Å². The normalized spacial score (nSPS) is 28.7. The fourth-order valence-corrected chi connectivity index (χ4v) is 3.19. The lowest BCUT2D eigenvalue weighted by molar-refractivity contribution is 0.325. The predicted octanol–water partition coefficient (Wildman–Crippen LogP) is 1.77. The molecule has 1 heterocycles. The summed E-state index contributed by atoms with van der Waals surface area (Å²) in [6.45, 7) is 0. The Morgan fingerprint density at radius 2 is 2.41 bits per heavy atom. The fraction of sp³-hybridized carbons (Fsp3) is 0.538. The molecule has 1 aliphatic carbocycles. The van der Waals surface area contributed by atoms with Gasteiger partial charge in [0.1, 0.15) is 0 Å². The molecule has 17 heavy (non-hydrogen) atoms. The second-order valence-electron chi connectivity index (χ2n) is 4.64. The van der Waals surface area contributed by atoms with Crippen molar-refractivity contribution in [2.24, 2.45) is 5.73 Å². The molecule has 3 nitrogen and oxygen atoms in total. The summed E-state index contributed by atoms with van der Waals surface area (Å²) in [5.41, 5.74) is 7.29. The van der Waals surface area contributed by atoms with Crippen LogP contribution in [0.25, 0.3) is 0 Å². The number of aromatic nitrogens is 1. The standard InChI is InChI=1S/C13H19N3S/c1-15-12(17)13(7-3-2-6-11(13)14)10-5-4-8-16-9-10/h4-5,8-9,11H,2-3,6-7,14H2,1H3,(H,15,17). The van der Waals surface area contributed by atoms with E-state index in [1.807, 2.05) is 19.3 Å². The Morgan fingerprint density at radius 1 is 1.59 bits per heavy atom. The number of hydrogen-bond acceptors (Lipinski definition) is 3. The highest BCUT2D eigenvalue weighted by Crippen LogP contribution is 2.39. The largest absolute Gasteiger partial charge is 0.382 e. The van der Waals surface area contributed by atoms with E-state index in [0.717, 1.165) is 23.4 Å². The predicted molar refractivity (Wildman–Crippen MR) is 74.0 cm³/mol. The maximum absolute atomic E-state index is 6.37. The third kappa shape index (κ3) is 2.07. The number of thiocarbonyl (C=S) groups is 1. The summed E-state index contributed by atoms with van der Waals surface area (Å²) in [5.74, 6) is 0. The molecule has 2 atom stereocenters. The molecule has 0 amide bonds. The van der Waals surface area contributed by atoms with Crippen LogP contribution in [0.3, 0.4) is 0 Å². The van der Waals surface area contributed by atoms with Gasteiger partial charge in [-0.2, -0.15) is 0 Å². The first-order chi connectivity index (χ1) is 8.21. The van der Waals surface area contributed by atoms with Crippen molar-refractivity contribution in [3.63, 3.8) is 0 Å². The van der Waals surface area contributed by atoms with Gasteiger partial charge in [-0.15, -0.1) is 0 Å². The Hall–Kier alpha value is -1.00. The van der Waals surface area contributed by atoms with Crippen LogP contribution in [-0.4, -0.2) is 23.1 Å². The van der Waals surface area contributed by atoms with Crippen molar-refractivity contribution in [3.05, 3.63) is 30.1 Å². The summed E-state index contributed by atoms with van der Waals surface area (Å²) in [6, 6.07) is 4.12. The van der Waals surface area contributed by atoms with Gasteiger partial charge in [0.2, 0.25) is 0 Å². The van der Waals surface area contributed by atoms with E-state index in [-0.39, 0.29) is 11.5 Å². The molecule has 2 unspecified atom stereocenters. The van der Waals surface area contributed by atoms with Gasteiger partial charge < -0.3 is 11.1 Å². The van der Waals surface area contributed by atoms with Crippen molar-refractivity contribution in [1.82, 2.24) is 10.3 Å². The number of nitrogens with two attached hydrogens (primary N) is 1. The summed E-state index contributed by atoms with van der Waals surface area (Å²) in [5, 5.41) is 3.13. The lowest BCUT2D eigenvalue weighted by Gasteiger charge is -2.43. The molecule has 1 aliphatic rings.